The Morgan fingerprint density at radius 1 is 1.30 bits per heavy atom. The number of thioether (sulfide) groups is 1. The Balaban J connectivity index is 1.55. The molecule has 0 saturated carbocycles. The van der Waals surface area contributed by atoms with Gasteiger partial charge in [0.05, 0.1) is 23.0 Å². The van der Waals surface area contributed by atoms with Gasteiger partial charge in [-0.05, 0) is 37.3 Å². The van der Waals surface area contributed by atoms with Gasteiger partial charge < -0.3 is 4.90 Å². The van der Waals surface area contributed by atoms with Crippen LogP contribution in [0.15, 0.2) is 41.8 Å². The molecule has 4 rings (SSSR count). The first-order valence-electron chi connectivity index (χ1n) is 9.29. The van der Waals surface area contributed by atoms with Crippen molar-refractivity contribution in [1.82, 2.24) is 24.6 Å². The van der Waals surface area contributed by atoms with Crippen LogP contribution in [0.3, 0.4) is 0 Å². The number of rotatable bonds is 4. The number of likely N-dealkylation sites (tertiary alicyclic amines) is 1. The minimum Gasteiger partial charge on any atom is -0.342 e. The second-order valence-corrected chi connectivity index (χ2v) is 8.10. The van der Waals surface area contributed by atoms with E-state index in [9.17, 15) is 4.79 Å². The zero-order valence-electron chi connectivity index (χ0n) is 15.6. The summed E-state index contributed by atoms with van der Waals surface area (Å²) in [6.07, 6.45) is 5.65. The Labute approximate surface area is 163 Å². The molecule has 1 aromatic carbocycles. The lowest BCUT2D eigenvalue weighted by Gasteiger charge is -2.30. The SMILES string of the molecule is Cc1ccccc1-n1ncc2c(SCC(=O)N3CCC[C@H](C)C3)ncnc21. The van der Waals surface area contributed by atoms with Crippen LogP contribution in [0.4, 0.5) is 0 Å². The quantitative estimate of drug-likeness (QED) is 0.511. The first-order valence-corrected chi connectivity index (χ1v) is 10.3. The van der Waals surface area contributed by atoms with Gasteiger partial charge in [0.2, 0.25) is 5.91 Å². The van der Waals surface area contributed by atoms with Crippen molar-refractivity contribution < 1.29 is 4.79 Å². The van der Waals surface area contributed by atoms with Crippen molar-refractivity contribution in [3.63, 3.8) is 0 Å². The second kappa shape index (κ2) is 7.68. The smallest absolute Gasteiger partial charge is 0.232 e. The number of nitrogens with zero attached hydrogens (tertiary/aromatic N) is 5. The zero-order chi connectivity index (χ0) is 18.8. The molecule has 0 aliphatic carbocycles. The van der Waals surface area contributed by atoms with E-state index >= 15 is 0 Å². The first-order chi connectivity index (χ1) is 13.1. The lowest BCUT2D eigenvalue weighted by atomic mass is 10.0. The molecule has 1 atom stereocenters. The summed E-state index contributed by atoms with van der Waals surface area (Å²) in [5, 5.41) is 6.20. The van der Waals surface area contributed by atoms with E-state index in [1.165, 1.54) is 18.2 Å². The van der Waals surface area contributed by atoms with Crippen LogP contribution in [0.2, 0.25) is 0 Å². The Morgan fingerprint density at radius 3 is 2.96 bits per heavy atom. The molecule has 1 saturated heterocycles. The summed E-state index contributed by atoms with van der Waals surface area (Å²) in [5.41, 5.74) is 2.89. The molecule has 27 heavy (non-hydrogen) atoms. The number of para-hydroxylation sites is 1. The van der Waals surface area contributed by atoms with Gasteiger partial charge in [0, 0.05) is 13.1 Å². The van der Waals surface area contributed by atoms with Crippen LogP contribution in [0.1, 0.15) is 25.3 Å². The molecule has 0 radical (unpaired) electrons. The predicted octanol–water partition coefficient (Wildman–Crippen LogP) is 3.47. The summed E-state index contributed by atoms with van der Waals surface area (Å²) < 4.78 is 1.84. The van der Waals surface area contributed by atoms with Crippen LogP contribution in [0.5, 0.6) is 0 Å². The molecule has 0 bridgehead atoms. The maximum absolute atomic E-state index is 12.6. The van der Waals surface area contributed by atoms with Gasteiger partial charge >= 0.3 is 0 Å². The number of amides is 1. The van der Waals surface area contributed by atoms with Gasteiger partial charge in [-0.15, -0.1) is 0 Å². The highest BCUT2D eigenvalue weighted by Gasteiger charge is 2.21. The number of fused-ring (bicyclic) bond motifs is 1. The number of carbonyl (C=O) groups excluding carboxylic acids is 1. The fraction of sp³-hybridized carbons (Fsp3) is 0.400. The summed E-state index contributed by atoms with van der Waals surface area (Å²) in [6, 6.07) is 8.08. The maximum atomic E-state index is 12.6. The van der Waals surface area contributed by atoms with Crippen LogP contribution in [0, 0.1) is 12.8 Å². The number of hydrogen-bond acceptors (Lipinski definition) is 5. The molecule has 3 aromatic rings. The van der Waals surface area contributed by atoms with Crippen molar-refractivity contribution in [2.24, 2.45) is 5.92 Å². The van der Waals surface area contributed by atoms with E-state index in [0.717, 1.165) is 46.8 Å². The Morgan fingerprint density at radius 2 is 2.15 bits per heavy atom. The Bertz CT molecular complexity index is 970. The minimum absolute atomic E-state index is 0.185. The normalized spacial score (nSPS) is 17.4. The molecule has 3 heterocycles. The monoisotopic (exact) mass is 381 g/mol. The van der Waals surface area contributed by atoms with Crippen LogP contribution >= 0.6 is 11.8 Å². The highest BCUT2D eigenvalue weighted by atomic mass is 32.2. The van der Waals surface area contributed by atoms with Gasteiger partial charge in [-0.2, -0.15) is 5.10 Å². The fourth-order valence-electron chi connectivity index (χ4n) is 3.55. The molecule has 1 aliphatic rings. The lowest BCUT2D eigenvalue weighted by Crippen LogP contribution is -2.40. The predicted molar refractivity (Wildman–Crippen MR) is 107 cm³/mol. The van der Waals surface area contributed by atoms with E-state index in [2.05, 4.69) is 35.0 Å². The van der Waals surface area contributed by atoms with Crippen LogP contribution < -0.4 is 0 Å². The van der Waals surface area contributed by atoms with E-state index in [1.807, 2.05) is 27.8 Å². The number of aryl methyl sites for hydroxylation is 1. The Kier molecular flexibility index (Phi) is 5.11. The topological polar surface area (TPSA) is 63.9 Å². The minimum atomic E-state index is 0.185. The molecule has 2 aromatic heterocycles. The van der Waals surface area contributed by atoms with Gasteiger partial charge in [-0.3, -0.25) is 4.79 Å². The molecule has 0 spiro atoms. The van der Waals surface area contributed by atoms with Crippen molar-refractivity contribution in [2.45, 2.75) is 31.7 Å². The maximum Gasteiger partial charge on any atom is 0.232 e. The average molecular weight is 382 g/mol. The molecule has 0 N–H and O–H groups in total. The molecule has 140 valence electrons. The lowest BCUT2D eigenvalue weighted by molar-refractivity contribution is -0.130. The highest BCUT2D eigenvalue weighted by Crippen LogP contribution is 2.27. The summed E-state index contributed by atoms with van der Waals surface area (Å²) in [4.78, 5) is 23.4. The van der Waals surface area contributed by atoms with E-state index < -0.39 is 0 Å². The van der Waals surface area contributed by atoms with E-state index in [1.54, 1.807) is 12.5 Å². The van der Waals surface area contributed by atoms with Crippen LogP contribution in [0.25, 0.3) is 16.7 Å². The van der Waals surface area contributed by atoms with Crippen molar-refractivity contribution in [3.8, 4) is 5.69 Å². The third-order valence-electron chi connectivity index (χ3n) is 5.01. The van der Waals surface area contributed by atoms with Gasteiger partial charge in [-0.1, -0.05) is 36.9 Å². The molecule has 1 fully saturated rings. The summed E-state index contributed by atoms with van der Waals surface area (Å²) in [5.74, 6) is 1.17. The van der Waals surface area contributed by atoms with Crippen molar-refractivity contribution in [2.75, 3.05) is 18.8 Å². The number of hydrogen-bond donors (Lipinski definition) is 0. The molecule has 1 aliphatic heterocycles. The number of carbonyl (C=O) groups is 1. The number of aromatic nitrogens is 4. The first kappa shape index (κ1) is 18.0. The molecule has 7 heteroatoms. The standard InChI is InChI=1S/C20H23N5OS/c1-14-6-5-9-24(11-14)18(26)12-27-20-16-10-23-25(19(16)21-13-22-20)17-8-4-3-7-15(17)2/h3-4,7-8,10,13-14H,5-6,9,11-12H2,1-2H3/t14-/m0/s1. The van der Waals surface area contributed by atoms with Crippen molar-refractivity contribution in [1.29, 1.82) is 0 Å². The van der Waals surface area contributed by atoms with Gasteiger partial charge in [0.15, 0.2) is 5.65 Å². The number of benzene rings is 1. The van der Waals surface area contributed by atoms with Crippen LogP contribution in [-0.2, 0) is 4.79 Å². The van der Waals surface area contributed by atoms with Gasteiger partial charge in [0.1, 0.15) is 11.4 Å². The zero-order valence-corrected chi connectivity index (χ0v) is 16.4. The molecular weight excluding hydrogens is 358 g/mol. The summed E-state index contributed by atoms with van der Waals surface area (Å²) in [7, 11) is 0. The third-order valence-corrected chi connectivity index (χ3v) is 6.01. The van der Waals surface area contributed by atoms with Crippen LogP contribution in [-0.4, -0.2) is 49.4 Å². The summed E-state index contributed by atoms with van der Waals surface area (Å²) >= 11 is 1.47. The van der Waals surface area contributed by atoms with Crippen molar-refractivity contribution in [3.05, 3.63) is 42.4 Å². The van der Waals surface area contributed by atoms with Crippen molar-refractivity contribution >= 4 is 28.7 Å². The van der Waals surface area contributed by atoms with E-state index in [0.29, 0.717) is 11.7 Å². The van der Waals surface area contributed by atoms with Gasteiger partial charge in [0.25, 0.3) is 0 Å². The highest BCUT2D eigenvalue weighted by molar-refractivity contribution is 8.00. The molecule has 0 unspecified atom stereocenters. The third kappa shape index (κ3) is 3.69. The average Bonchev–Trinajstić information content (AvgIpc) is 3.11. The second-order valence-electron chi connectivity index (χ2n) is 7.13. The largest absolute Gasteiger partial charge is 0.342 e. The fourth-order valence-corrected chi connectivity index (χ4v) is 4.42. The van der Waals surface area contributed by atoms with E-state index in [4.69, 9.17) is 0 Å². The Hall–Kier alpha value is -2.41. The van der Waals surface area contributed by atoms with E-state index in [-0.39, 0.29) is 5.91 Å². The van der Waals surface area contributed by atoms with Gasteiger partial charge in [-0.25, -0.2) is 14.6 Å². The molecule has 6 nitrogen and oxygen atoms in total. The molecular formula is C20H23N5OS. The molecule has 1 amide bonds. The number of piperidine rings is 1. The summed E-state index contributed by atoms with van der Waals surface area (Å²) in [6.45, 7) is 6.00.